The number of aromatic amines is 1. The molecule has 1 aliphatic heterocycles. The number of hydrogen-bond donors (Lipinski definition) is 8. The van der Waals surface area contributed by atoms with Gasteiger partial charge < -0.3 is 39.8 Å². The van der Waals surface area contributed by atoms with Gasteiger partial charge in [-0.25, -0.2) is 13.7 Å². The van der Waals surface area contributed by atoms with E-state index in [1.807, 2.05) is 19.9 Å². The number of aromatic nitrogens is 2. The van der Waals surface area contributed by atoms with Gasteiger partial charge in [0.05, 0.1) is 12.2 Å². The zero-order valence-electron chi connectivity index (χ0n) is 18.7. The van der Waals surface area contributed by atoms with E-state index >= 15 is 0 Å². The van der Waals surface area contributed by atoms with Gasteiger partial charge in [0.1, 0.15) is 18.3 Å². The Morgan fingerprint density at radius 2 is 1.81 bits per heavy atom. The van der Waals surface area contributed by atoms with Crippen molar-refractivity contribution in [2.45, 2.75) is 44.9 Å². The summed E-state index contributed by atoms with van der Waals surface area (Å²) in [5.74, 6) is 0.265. The molecule has 2 unspecified atom stereocenters. The number of H-pyrrole nitrogens is 1. The summed E-state index contributed by atoms with van der Waals surface area (Å²) in [5, 5.41) is 23.6. The van der Waals surface area contributed by atoms with Gasteiger partial charge in [-0.15, -0.1) is 0 Å². The molecule has 1 aromatic rings. The van der Waals surface area contributed by atoms with E-state index in [9.17, 15) is 38.5 Å². The van der Waals surface area contributed by atoms with Crippen molar-refractivity contribution in [2.75, 3.05) is 6.61 Å². The summed E-state index contributed by atoms with van der Waals surface area (Å²) < 4.78 is 52.0. The molecule has 0 saturated carbocycles. The molecule has 0 aliphatic carbocycles. The number of rotatable bonds is 12. The summed E-state index contributed by atoms with van der Waals surface area (Å²) in [4.78, 5) is 50.4. The van der Waals surface area contributed by atoms with Crippen LogP contribution in [0.15, 0.2) is 23.3 Å². The van der Waals surface area contributed by atoms with E-state index < -0.39 is 60.2 Å². The summed E-state index contributed by atoms with van der Waals surface area (Å²) in [6.45, 7) is 2.99. The number of hydrogen-bond acceptors (Lipinski definition) is 12. The van der Waals surface area contributed by atoms with Crippen molar-refractivity contribution in [1.29, 1.82) is 0 Å². The Bertz CT molecular complexity index is 1210. The van der Waals surface area contributed by atoms with Gasteiger partial charge in [-0.2, -0.15) is 8.62 Å². The van der Waals surface area contributed by atoms with E-state index in [1.165, 1.54) is 6.20 Å². The van der Waals surface area contributed by atoms with Crippen LogP contribution in [0.1, 0.15) is 25.6 Å². The van der Waals surface area contributed by atoms with Crippen molar-refractivity contribution < 1.29 is 61.4 Å². The number of aliphatic hydroxyl groups is 2. The molecule has 21 heteroatoms. The quantitative estimate of drug-likeness (QED) is 0.118. The van der Waals surface area contributed by atoms with Crippen molar-refractivity contribution >= 4 is 35.7 Å². The van der Waals surface area contributed by atoms with Crippen molar-refractivity contribution in [3.63, 3.8) is 0 Å². The maximum atomic E-state index is 12.2. The van der Waals surface area contributed by atoms with Crippen LogP contribution in [0.4, 0.5) is 0 Å². The fraction of sp³-hybridized carbons (Fsp3) is 0.600. The van der Waals surface area contributed by atoms with Crippen molar-refractivity contribution in [3.05, 3.63) is 39.2 Å². The number of nitrogens with zero attached hydrogens (tertiary/aromatic N) is 1. The van der Waals surface area contributed by atoms with Crippen molar-refractivity contribution in [2.24, 2.45) is 5.92 Å². The Hall–Kier alpha value is -1.07. The fourth-order valence-electron chi connectivity index (χ4n) is 2.84. The number of nitrogens with one attached hydrogen (secondary N) is 2. The van der Waals surface area contributed by atoms with Crippen LogP contribution >= 0.6 is 35.7 Å². The molecule has 17 nitrogen and oxygen atoms in total. The van der Waals surface area contributed by atoms with Gasteiger partial charge >= 0.3 is 23.5 Å². The third kappa shape index (κ3) is 9.35. The van der Waals surface area contributed by atoms with E-state index in [4.69, 9.17) is 26.7 Å². The molecule has 206 valence electrons. The third-order valence-corrected chi connectivity index (χ3v) is 8.48. The summed E-state index contributed by atoms with van der Waals surface area (Å²) in [6, 6.07) is 0. The minimum absolute atomic E-state index is 0.0784. The smallest absolute Gasteiger partial charge is 0.387 e. The second kappa shape index (κ2) is 12.2. The van der Waals surface area contributed by atoms with Crippen LogP contribution in [-0.4, -0.2) is 64.3 Å². The highest BCUT2D eigenvalue weighted by Crippen LogP contribution is 2.66. The van der Waals surface area contributed by atoms with Gasteiger partial charge in [0.15, 0.2) is 11.0 Å². The Morgan fingerprint density at radius 1 is 1.17 bits per heavy atom. The van der Waals surface area contributed by atoms with E-state index in [2.05, 4.69) is 23.4 Å². The molecule has 8 N–H and O–H groups in total. The van der Waals surface area contributed by atoms with Crippen molar-refractivity contribution in [3.8, 4) is 0 Å². The first-order valence-electron chi connectivity index (χ1n) is 9.95. The average molecular weight is 597 g/mol. The first-order valence-corrected chi connectivity index (χ1v) is 14.9. The second-order valence-corrected chi connectivity index (χ2v) is 12.5. The molecule has 0 spiro atoms. The summed E-state index contributed by atoms with van der Waals surface area (Å²) in [6.07, 6.45) is -1.51. The lowest BCUT2D eigenvalue weighted by atomic mass is 10.1. The van der Waals surface area contributed by atoms with Crippen LogP contribution in [0.3, 0.4) is 0 Å². The summed E-state index contributed by atoms with van der Waals surface area (Å²) in [5.41, 5.74) is -0.321. The fourth-order valence-corrected chi connectivity index (χ4v) is 6.12. The van der Waals surface area contributed by atoms with E-state index in [0.717, 1.165) is 4.57 Å². The summed E-state index contributed by atoms with van der Waals surface area (Å²) in [7, 11) is -16.8. The SMILES string of the molecule is CC(C)C=CNCc1cn([C@@H]2O[C@H](COP(=O)(O)OP(=O)(O)OP(=O)(O)O)[C@@H](O)[C@H]2O)c(=S)[nH]c1=O. The Morgan fingerprint density at radius 3 is 2.39 bits per heavy atom. The van der Waals surface area contributed by atoms with Crippen LogP contribution in [0.2, 0.25) is 0 Å². The van der Waals surface area contributed by atoms with E-state index in [0.29, 0.717) is 0 Å². The first-order chi connectivity index (χ1) is 16.4. The highest BCUT2D eigenvalue weighted by molar-refractivity contribution is 7.71. The van der Waals surface area contributed by atoms with Crippen LogP contribution in [0.5, 0.6) is 0 Å². The molecule has 0 bridgehead atoms. The van der Waals surface area contributed by atoms with Gasteiger partial charge in [-0.1, -0.05) is 19.9 Å². The molecule has 0 amide bonds. The molecule has 1 aromatic heterocycles. The lowest BCUT2D eigenvalue weighted by molar-refractivity contribution is -0.0534. The lowest BCUT2D eigenvalue weighted by Crippen LogP contribution is -2.34. The zero-order valence-corrected chi connectivity index (χ0v) is 22.2. The highest BCUT2D eigenvalue weighted by Gasteiger charge is 2.46. The maximum Gasteiger partial charge on any atom is 0.490 e. The van der Waals surface area contributed by atoms with Crippen LogP contribution in [0.25, 0.3) is 0 Å². The largest absolute Gasteiger partial charge is 0.490 e. The summed E-state index contributed by atoms with van der Waals surface area (Å²) >= 11 is 5.09. The second-order valence-electron chi connectivity index (χ2n) is 7.74. The average Bonchev–Trinajstić information content (AvgIpc) is 2.96. The van der Waals surface area contributed by atoms with Crippen LogP contribution in [-0.2, 0) is 38.1 Å². The van der Waals surface area contributed by atoms with Crippen LogP contribution in [0, 0.1) is 10.7 Å². The minimum atomic E-state index is -5.73. The van der Waals surface area contributed by atoms with E-state index in [1.54, 1.807) is 6.20 Å². The first kappa shape index (κ1) is 31.1. The predicted molar refractivity (Wildman–Crippen MR) is 122 cm³/mol. The highest BCUT2D eigenvalue weighted by atomic mass is 32.1. The van der Waals surface area contributed by atoms with Crippen LogP contribution < -0.4 is 10.9 Å². The zero-order chi connectivity index (χ0) is 27.5. The number of ether oxygens (including phenoxy) is 1. The topological polar surface area (TPSA) is 259 Å². The minimum Gasteiger partial charge on any atom is -0.387 e. The predicted octanol–water partition coefficient (Wildman–Crippen LogP) is 0.128. The molecule has 1 aliphatic rings. The van der Waals surface area contributed by atoms with E-state index in [-0.39, 0.29) is 22.8 Å². The Labute approximate surface area is 208 Å². The normalized spacial score (nSPS) is 26.2. The number of allylic oxidation sites excluding steroid dienone is 1. The molecule has 1 saturated heterocycles. The molecule has 0 radical (unpaired) electrons. The van der Waals surface area contributed by atoms with Gasteiger partial charge in [-0.05, 0) is 24.3 Å². The molecular formula is C15H26N3O14P3S. The molecule has 6 atom stereocenters. The number of aliphatic hydroxyl groups excluding tert-OH is 2. The number of phosphoric acid groups is 3. The maximum absolute atomic E-state index is 12.2. The molecule has 36 heavy (non-hydrogen) atoms. The Kier molecular flexibility index (Phi) is 10.6. The van der Waals surface area contributed by atoms with Gasteiger partial charge in [0.2, 0.25) is 0 Å². The third-order valence-electron chi connectivity index (χ3n) is 4.36. The standard InChI is InChI=1S/C15H26N3O14P3S/c1-8(2)3-4-16-5-9-6-18(15(36)17-13(9)21)14-12(20)11(19)10(30-14)7-29-34(25,26)32-35(27,28)31-33(22,23)24/h3-4,6,8,10-12,14,16,19-20H,5,7H2,1-2H3,(H,25,26)(H,27,28)(H,17,21,36)(H2,22,23,24)/t10-,11-,12-,14-/m1/s1. The molecule has 2 rings (SSSR count). The molecule has 0 aromatic carbocycles. The Balaban J connectivity index is 2.12. The van der Waals surface area contributed by atoms with Gasteiger partial charge in [-0.3, -0.25) is 18.9 Å². The van der Waals surface area contributed by atoms with Gasteiger partial charge in [0, 0.05) is 12.7 Å². The molecular weight excluding hydrogens is 571 g/mol. The molecule has 1 fully saturated rings. The lowest BCUT2D eigenvalue weighted by Gasteiger charge is -2.20. The van der Waals surface area contributed by atoms with Gasteiger partial charge in [0.25, 0.3) is 5.56 Å². The molecule has 2 heterocycles. The van der Waals surface area contributed by atoms with Crippen molar-refractivity contribution in [1.82, 2.24) is 14.9 Å². The number of phosphoric ester groups is 1. The monoisotopic (exact) mass is 597 g/mol.